The van der Waals surface area contributed by atoms with Gasteiger partial charge in [-0.05, 0) is 48.2 Å². The molecule has 0 bridgehead atoms. The maximum Gasteiger partial charge on any atom is 0.255 e. The predicted molar refractivity (Wildman–Crippen MR) is 117 cm³/mol. The minimum absolute atomic E-state index is 0.0719. The van der Waals surface area contributed by atoms with Crippen molar-refractivity contribution in [2.75, 3.05) is 12.8 Å². The number of sulfonamides is 1. The van der Waals surface area contributed by atoms with E-state index in [2.05, 4.69) is 10.5 Å². The van der Waals surface area contributed by atoms with Crippen LogP contribution in [0.5, 0.6) is 0 Å². The second-order valence-electron chi connectivity index (χ2n) is 6.23. The average molecular weight is 444 g/mol. The summed E-state index contributed by atoms with van der Waals surface area (Å²) in [5.74, 6) is -0.127. The van der Waals surface area contributed by atoms with Gasteiger partial charge in [0.05, 0.1) is 30.5 Å². The van der Waals surface area contributed by atoms with Crippen molar-refractivity contribution in [3.05, 3.63) is 84.3 Å². The van der Waals surface area contributed by atoms with Gasteiger partial charge in [0.2, 0.25) is 10.0 Å². The monoisotopic (exact) mass is 443 g/mol. The van der Waals surface area contributed by atoms with E-state index in [1.54, 1.807) is 42.1 Å². The molecule has 0 saturated carbocycles. The molecule has 0 saturated heterocycles. The molecule has 7 nitrogen and oxygen atoms in total. The summed E-state index contributed by atoms with van der Waals surface area (Å²) in [5.41, 5.74) is 3.20. The molecule has 156 valence electrons. The van der Waals surface area contributed by atoms with Crippen molar-refractivity contribution < 1.29 is 17.6 Å². The number of hydrazone groups is 1. The number of nitrogens with one attached hydrogen (secondary N) is 1. The summed E-state index contributed by atoms with van der Waals surface area (Å²) >= 11 is 1.63. The van der Waals surface area contributed by atoms with E-state index < -0.39 is 22.5 Å². The third-order valence-corrected chi connectivity index (χ3v) is 6.68. The molecule has 1 N–H and O–H groups in total. The van der Waals surface area contributed by atoms with Gasteiger partial charge in [0, 0.05) is 4.90 Å². The normalized spacial score (nSPS) is 11.8. The summed E-state index contributed by atoms with van der Waals surface area (Å²) in [6.07, 6.45) is 4.95. The quantitative estimate of drug-likeness (QED) is 0.311. The molecule has 3 aromatic rings. The van der Waals surface area contributed by atoms with Crippen LogP contribution < -0.4 is 5.43 Å². The highest BCUT2D eigenvalue weighted by molar-refractivity contribution is 7.98. The number of benzene rings is 2. The van der Waals surface area contributed by atoms with Gasteiger partial charge in [-0.3, -0.25) is 4.79 Å². The summed E-state index contributed by atoms with van der Waals surface area (Å²) in [7, 11) is -3.90. The van der Waals surface area contributed by atoms with E-state index in [1.165, 1.54) is 24.6 Å². The summed E-state index contributed by atoms with van der Waals surface area (Å²) < 4.78 is 32.3. The number of carbonyl (C=O) groups excluding carboxylic acids is 1. The van der Waals surface area contributed by atoms with Crippen molar-refractivity contribution in [1.82, 2.24) is 9.73 Å². The number of hydrogen-bond acceptors (Lipinski definition) is 6. The molecule has 9 heteroatoms. The third kappa shape index (κ3) is 5.82. The van der Waals surface area contributed by atoms with Crippen molar-refractivity contribution in [3.8, 4) is 0 Å². The molecule has 0 spiro atoms. The lowest BCUT2D eigenvalue weighted by atomic mass is 10.2. The fourth-order valence-electron chi connectivity index (χ4n) is 2.61. The lowest BCUT2D eigenvalue weighted by Gasteiger charge is -2.20. The minimum Gasteiger partial charge on any atom is -0.468 e. The molecule has 1 amide bonds. The Kier molecular flexibility index (Phi) is 7.45. The number of carbonyl (C=O) groups is 1. The van der Waals surface area contributed by atoms with E-state index in [4.69, 9.17) is 4.42 Å². The molecule has 1 aromatic heterocycles. The molecule has 0 aliphatic carbocycles. The second kappa shape index (κ2) is 10.2. The second-order valence-corrected chi connectivity index (χ2v) is 9.05. The molecule has 1 heterocycles. The molecule has 0 fully saturated rings. The van der Waals surface area contributed by atoms with Gasteiger partial charge in [0.1, 0.15) is 5.76 Å². The average Bonchev–Trinajstić information content (AvgIpc) is 3.27. The first-order valence-corrected chi connectivity index (χ1v) is 11.7. The van der Waals surface area contributed by atoms with Gasteiger partial charge in [-0.2, -0.15) is 9.41 Å². The summed E-state index contributed by atoms with van der Waals surface area (Å²) in [4.78, 5) is 13.6. The van der Waals surface area contributed by atoms with Gasteiger partial charge in [-0.15, -0.1) is 11.8 Å². The van der Waals surface area contributed by atoms with Crippen molar-refractivity contribution in [2.45, 2.75) is 16.3 Å². The zero-order valence-electron chi connectivity index (χ0n) is 16.3. The van der Waals surface area contributed by atoms with Crippen LogP contribution in [0.15, 0.2) is 92.3 Å². The van der Waals surface area contributed by atoms with Crippen LogP contribution in [0.1, 0.15) is 11.3 Å². The zero-order chi connectivity index (χ0) is 21.4. The van der Waals surface area contributed by atoms with Crippen LogP contribution in [0, 0.1) is 0 Å². The van der Waals surface area contributed by atoms with Crippen molar-refractivity contribution in [2.24, 2.45) is 5.10 Å². The molecule has 0 unspecified atom stereocenters. The van der Waals surface area contributed by atoms with Gasteiger partial charge in [0.15, 0.2) is 0 Å². The minimum atomic E-state index is -3.90. The van der Waals surface area contributed by atoms with Crippen LogP contribution in [-0.4, -0.2) is 37.6 Å². The summed E-state index contributed by atoms with van der Waals surface area (Å²) in [5, 5.41) is 3.93. The molecule has 30 heavy (non-hydrogen) atoms. The highest BCUT2D eigenvalue weighted by Crippen LogP contribution is 2.18. The van der Waals surface area contributed by atoms with E-state index in [9.17, 15) is 13.2 Å². The largest absolute Gasteiger partial charge is 0.468 e. The summed E-state index contributed by atoms with van der Waals surface area (Å²) in [6.45, 7) is -0.474. The van der Waals surface area contributed by atoms with Crippen molar-refractivity contribution in [3.63, 3.8) is 0 Å². The van der Waals surface area contributed by atoms with Crippen molar-refractivity contribution in [1.29, 1.82) is 0 Å². The van der Waals surface area contributed by atoms with E-state index in [0.717, 1.165) is 14.8 Å². The first kappa shape index (κ1) is 21.8. The first-order valence-electron chi connectivity index (χ1n) is 9.02. The zero-order valence-corrected chi connectivity index (χ0v) is 17.9. The maximum atomic E-state index is 13.0. The van der Waals surface area contributed by atoms with Crippen LogP contribution in [-0.2, 0) is 21.4 Å². The van der Waals surface area contributed by atoms with Gasteiger partial charge < -0.3 is 4.42 Å². The number of furan rings is 1. The molecule has 2 aromatic carbocycles. The Morgan fingerprint density at radius 2 is 1.83 bits per heavy atom. The Hall–Kier alpha value is -2.88. The number of nitrogens with zero attached hydrogens (tertiary/aromatic N) is 2. The molecule has 0 aliphatic heterocycles. The van der Waals surface area contributed by atoms with E-state index in [0.29, 0.717) is 5.76 Å². The van der Waals surface area contributed by atoms with Gasteiger partial charge in [0.25, 0.3) is 5.91 Å². The SMILES string of the molecule is CSc1ccc(/C=N\NC(=O)CN(Cc2ccco2)S(=O)(=O)c2ccccc2)cc1. The fourth-order valence-corrected chi connectivity index (χ4v) is 4.40. The number of thioether (sulfide) groups is 1. The van der Waals surface area contributed by atoms with E-state index >= 15 is 0 Å². The highest BCUT2D eigenvalue weighted by Gasteiger charge is 2.27. The standard InChI is InChI=1S/C21H21N3O4S2/c1-29-19-11-9-17(10-12-19)14-22-23-21(25)16-24(15-18-6-5-13-28-18)30(26,27)20-7-3-2-4-8-20/h2-14H,15-16H2,1H3,(H,23,25)/b22-14-. The smallest absolute Gasteiger partial charge is 0.255 e. The van der Waals surface area contributed by atoms with Crippen LogP contribution >= 0.6 is 11.8 Å². The first-order chi connectivity index (χ1) is 14.5. The Morgan fingerprint density at radius 3 is 2.47 bits per heavy atom. The molecule has 0 aliphatic rings. The van der Waals surface area contributed by atoms with Crippen molar-refractivity contribution >= 4 is 33.9 Å². The molecule has 3 rings (SSSR count). The molecular formula is C21H21N3O4S2. The number of rotatable bonds is 9. The van der Waals surface area contributed by atoms with Crippen LogP contribution in [0.4, 0.5) is 0 Å². The lowest BCUT2D eigenvalue weighted by molar-refractivity contribution is -0.121. The Morgan fingerprint density at radius 1 is 1.10 bits per heavy atom. The van der Waals surface area contributed by atoms with Crippen LogP contribution in [0.2, 0.25) is 0 Å². The Bertz CT molecular complexity index is 1080. The number of hydrogen-bond donors (Lipinski definition) is 1. The van der Waals surface area contributed by atoms with E-state index in [-0.39, 0.29) is 11.4 Å². The molecule has 0 radical (unpaired) electrons. The Balaban J connectivity index is 1.70. The maximum absolute atomic E-state index is 13.0. The highest BCUT2D eigenvalue weighted by atomic mass is 32.2. The summed E-state index contributed by atoms with van der Waals surface area (Å²) in [6, 6.07) is 18.9. The molecular weight excluding hydrogens is 422 g/mol. The fraction of sp³-hybridized carbons (Fsp3) is 0.143. The number of amides is 1. The third-order valence-electron chi connectivity index (χ3n) is 4.13. The lowest BCUT2D eigenvalue weighted by Crippen LogP contribution is -2.38. The molecule has 0 atom stereocenters. The van der Waals surface area contributed by atoms with Gasteiger partial charge in [-0.25, -0.2) is 13.8 Å². The van der Waals surface area contributed by atoms with Gasteiger partial charge in [-0.1, -0.05) is 30.3 Å². The van der Waals surface area contributed by atoms with Crippen LogP contribution in [0.25, 0.3) is 0 Å². The topological polar surface area (TPSA) is 92.0 Å². The predicted octanol–water partition coefficient (Wildman–Crippen LogP) is 3.34. The van der Waals surface area contributed by atoms with Gasteiger partial charge >= 0.3 is 0 Å². The van der Waals surface area contributed by atoms with Crippen LogP contribution in [0.3, 0.4) is 0 Å². The Labute approximate surface area is 179 Å². The van der Waals surface area contributed by atoms with E-state index in [1.807, 2.05) is 30.5 Å².